The number of nitrogens with zero attached hydrogens (tertiary/aromatic N) is 1. The molecule has 0 fully saturated rings. The average Bonchev–Trinajstić information content (AvgIpc) is 2.82. The lowest BCUT2D eigenvalue weighted by Crippen LogP contribution is -2.23. The second-order valence-electron chi connectivity index (χ2n) is 7.23. The highest BCUT2D eigenvalue weighted by molar-refractivity contribution is 7.91. The van der Waals surface area contributed by atoms with Crippen LogP contribution in [0.5, 0.6) is 11.5 Å². The van der Waals surface area contributed by atoms with Gasteiger partial charge in [0.2, 0.25) is 9.84 Å². The Morgan fingerprint density at radius 2 is 1.88 bits per heavy atom. The second-order valence-corrected chi connectivity index (χ2v) is 9.18. The van der Waals surface area contributed by atoms with E-state index in [1.165, 1.54) is 19.2 Å². The van der Waals surface area contributed by atoms with Crippen molar-refractivity contribution in [2.75, 3.05) is 20.2 Å². The Bertz CT molecular complexity index is 1210. The molecule has 0 aliphatic carbocycles. The van der Waals surface area contributed by atoms with Gasteiger partial charge in [0.15, 0.2) is 11.5 Å². The molecule has 33 heavy (non-hydrogen) atoms. The van der Waals surface area contributed by atoms with Gasteiger partial charge in [-0.25, -0.2) is 13.2 Å². The summed E-state index contributed by atoms with van der Waals surface area (Å²) in [6.07, 6.45) is 3.17. The minimum Gasteiger partial charge on any atom is -0.504 e. The number of aliphatic hydroxyl groups excluding tert-OH is 1. The van der Waals surface area contributed by atoms with E-state index in [1.54, 1.807) is 36.7 Å². The summed E-state index contributed by atoms with van der Waals surface area (Å²) < 4.78 is 30.9. The molecule has 0 radical (unpaired) electrons. The maximum Gasteiger partial charge on any atom is 0.339 e. The fourth-order valence-electron chi connectivity index (χ4n) is 3.19. The third-order valence-corrected chi connectivity index (χ3v) is 6.79. The number of hydrogen-bond donors (Lipinski definition) is 4. The third kappa shape index (κ3) is 5.67. The molecule has 174 valence electrons. The van der Waals surface area contributed by atoms with Crippen molar-refractivity contribution in [2.24, 2.45) is 0 Å². The SMILES string of the molecule is COc1cc(S(=O)(=O)c2ccc(CCNC[C@H](O)c3cccnc3)cc2)cc(C(=O)O)c1O. The predicted molar refractivity (Wildman–Crippen MR) is 119 cm³/mol. The van der Waals surface area contributed by atoms with Gasteiger partial charge in [0.05, 0.1) is 23.0 Å². The van der Waals surface area contributed by atoms with Gasteiger partial charge in [-0.05, 0) is 42.8 Å². The molecule has 0 saturated carbocycles. The van der Waals surface area contributed by atoms with E-state index >= 15 is 0 Å². The number of pyridine rings is 1. The van der Waals surface area contributed by atoms with Crippen LogP contribution in [0.2, 0.25) is 0 Å². The smallest absolute Gasteiger partial charge is 0.339 e. The molecule has 0 unspecified atom stereocenters. The number of carboxylic acid groups (broad SMARTS) is 1. The summed E-state index contributed by atoms with van der Waals surface area (Å²) in [6.45, 7) is 0.924. The number of carbonyl (C=O) groups is 1. The van der Waals surface area contributed by atoms with Crippen LogP contribution in [0, 0.1) is 0 Å². The molecule has 4 N–H and O–H groups in total. The molecule has 1 atom stereocenters. The molecule has 0 spiro atoms. The van der Waals surface area contributed by atoms with Crippen molar-refractivity contribution in [2.45, 2.75) is 22.3 Å². The topological polar surface area (TPSA) is 146 Å². The van der Waals surface area contributed by atoms with Crippen LogP contribution in [0.25, 0.3) is 0 Å². The molecule has 0 amide bonds. The number of benzene rings is 2. The number of aliphatic hydroxyl groups is 1. The van der Waals surface area contributed by atoms with E-state index in [9.17, 15) is 28.5 Å². The van der Waals surface area contributed by atoms with Crippen molar-refractivity contribution in [1.82, 2.24) is 10.3 Å². The zero-order chi connectivity index (χ0) is 24.0. The highest BCUT2D eigenvalue weighted by Gasteiger charge is 2.24. The van der Waals surface area contributed by atoms with Gasteiger partial charge in [0.1, 0.15) is 5.56 Å². The van der Waals surface area contributed by atoms with Crippen LogP contribution in [0.15, 0.2) is 70.7 Å². The Morgan fingerprint density at radius 3 is 2.48 bits per heavy atom. The number of carboxylic acids is 1. The molecular formula is C23H24N2O7S. The van der Waals surface area contributed by atoms with Crippen LogP contribution < -0.4 is 10.1 Å². The molecular weight excluding hydrogens is 448 g/mol. The maximum atomic E-state index is 13.0. The van der Waals surface area contributed by atoms with Crippen LogP contribution in [-0.2, 0) is 16.3 Å². The van der Waals surface area contributed by atoms with Gasteiger partial charge in [0, 0.05) is 30.6 Å². The normalized spacial score (nSPS) is 12.3. The maximum absolute atomic E-state index is 13.0. The molecule has 0 saturated heterocycles. The number of aromatic hydroxyl groups is 1. The van der Waals surface area contributed by atoms with E-state index in [4.69, 9.17) is 4.74 Å². The highest BCUT2D eigenvalue weighted by atomic mass is 32.2. The van der Waals surface area contributed by atoms with Gasteiger partial charge < -0.3 is 25.4 Å². The van der Waals surface area contributed by atoms with E-state index in [1.807, 2.05) is 0 Å². The van der Waals surface area contributed by atoms with Crippen LogP contribution in [0.1, 0.15) is 27.6 Å². The molecule has 1 heterocycles. The standard InChI is InChI=1S/C23H24N2O7S/c1-32-21-12-18(11-19(22(21)27)23(28)29)33(30,31)17-6-4-15(5-7-17)8-10-25-14-20(26)16-3-2-9-24-13-16/h2-7,9,11-13,20,25-27H,8,10,14H2,1H3,(H,28,29)/t20-/m0/s1. The minimum atomic E-state index is -4.04. The molecule has 0 aliphatic rings. The Hall–Kier alpha value is -3.47. The van der Waals surface area contributed by atoms with Gasteiger partial charge in [-0.1, -0.05) is 18.2 Å². The van der Waals surface area contributed by atoms with Crippen LogP contribution in [0.4, 0.5) is 0 Å². The van der Waals surface area contributed by atoms with Gasteiger partial charge in [-0.3, -0.25) is 4.98 Å². The number of rotatable bonds is 10. The summed E-state index contributed by atoms with van der Waals surface area (Å²) in [5.74, 6) is -2.36. The van der Waals surface area contributed by atoms with Crippen molar-refractivity contribution in [3.8, 4) is 11.5 Å². The Kier molecular flexibility index (Phi) is 7.64. The first kappa shape index (κ1) is 24.2. The molecule has 2 aromatic carbocycles. The summed E-state index contributed by atoms with van der Waals surface area (Å²) >= 11 is 0. The minimum absolute atomic E-state index is 0.0182. The summed E-state index contributed by atoms with van der Waals surface area (Å²) in [5, 5.41) is 32.5. The highest BCUT2D eigenvalue weighted by Crippen LogP contribution is 2.35. The summed E-state index contributed by atoms with van der Waals surface area (Å²) in [4.78, 5) is 15.0. The third-order valence-electron chi connectivity index (χ3n) is 5.04. The Balaban J connectivity index is 1.67. The van der Waals surface area contributed by atoms with Crippen molar-refractivity contribution in [1.29, 1.82) is 0 Å². The van der Waals surface area contributed by atoms with E-state index in [0.717, 1.165) is 23.3 Å². The first-order chi connectivity index (χ1) is 15.7. The van der Waals surface area contributed by atoms with Gasteiger partial charge in [0.25, 0.3) is 0 Å². The number of methoxy groups -OCH3 is 1. The summed E-state index contributed by atoms with van der Waals surface area (Å²) in [6, 6.07) is 11.8. The fourth-order valence-corrected chi connectivity index (χ4v) is 4.49. The zero-order valence-electron chi connectivity index (χ0n) is 17.8. The molecule has 3 aromatic rings. The number of hydrogen-bond acceptors (Lipinski definition) is 8. The van der Waals surface area contributed by atoms with Crippen molar-refractivity contribution in [3.05, 3.63) is 77.6 Å². The van der Waals surface area contributed by atoms with Gasteiger partial charge in [-0.2, -0.15) is 0 Å². The first-order valence-corrected chi connectivity index (χ1v) is 11.5. The molecule has 10 heteroatoms. The fraction of sp³-hybridized carbons (Fsp3) is 0.217. The molecule has 0 aliphatic heterocycles. The predicted octanol–water partition coefficient (Wildman–Crippen LogP) is 2.19. The second kappa shape index (κ2) is 10.4. The number of sulfone groups is 1. The van der Waals surface area contributed by atoms with Crippen LogP contribution >= 0.6 is 0 Å². The van der Waals surface area contributed by atoms with Crippen LogP contribution in [-0.4, -0.2) is 54.9 Å². The van der Waals surface area contributed by atoms with Crippen molar-refractivity contribution < 1.29 is 33.3 Å². The van der Waals surface area contributed by atoms with Crippen molar-refractivity contribution >= 4 is 15.8 Å². The first-order valence-electron chi connectivity index (χ1n) is 10.0. The van der Waals surface area contributed by atoms with E-state index in [2.05, 4.69) is 10.3 Å². The molecule has 9 nitrogen and oxygen atoms in total. The molecule has 3 rings (SSSR count). The van der Waals surface area contributed by atoms with Crippen LogP contribution in [0.3, 0.4) is 0 Å². The van der Waals surface area contributed by atoms with Gasteiger partial charge in [-0.15, -0.1) is 0 Å². The Labute approximate surface area is 191 Å². The summed E-state index contributed by atoms with van der Waals surface area (Å²) in [7, 11) is -2.83. The molecule has 1 aromatic heterocycles. The number of phenols is 1. The lowest BCUT2D eigenvalue weighted by Gasteiger charge is -2.12. The molecule has 0 bridgehead atoms. The quantitative estimate of drug-likeness (QED) is 0.326. The number of nitrogens with one attached hydrogen (secondary N) is 1. The largest absolute Gasteiger partial charge is 0.504 e. The number of ether oxygens (including phenoxy) is 1. The van der Waals surface area contributed by atoms with E-state index in [0.29, 0.717) is 19.5 Å². The van der Waals surface area contributed by atoms with Gasteiger partial charge >= 0.3 is 5.97 Å². The lowest BCUT2D eigenvalue weighted by molar-refractivity contribution is 0.0692. The number of aromatic carboxylic acids is 1. The number of aromatic nitrogens is 1. The van der Waals surface area contributed by atoms with E-state index in [-0.39, 0.29) is 15.5 Å². The zero-order valence-corrected chi connectivity index (χ0v) is 18.6. The Morgan fingerprint density at radius 1 is 1.15 bits per heavy atom. The van der Waals surface area contributed by atoms with E-state index < -0.39 is 33.2 Å². The monoisotopic (exact) mass is 472 g/mol. The summed E-state index contributed by atoms with van der Waals surface area (Å²) in [5.41, 5.74) is 1.03. The average molecular weight is 473 g/mol. The lowest BCUT2D eigenvalue weighted by atomic mass is 10.1. The van der Waals surface area contributed by atoms with Crippen molar-refractivity contribution in [3.63, 3.8) is 0 Å².